The number of ether oxygens (including phenoxy) is 2. The molecule has 2 aromatic rings. The predicted octanol–water partition coefficient (Wildman–Crippen LogP) is 6.28. The quantitative estimate of drug-likeness (QED) is 0.192. The molecule has 2 heterocycles. The Bertz CT molecular complexity index is 1630. The van der Waals surface area contributed by atoms with Gasteiger partial charge in [0.2, 0.25) is 11.8 Å². The number of carboxylic acid groups (broad SMARTS) is 1. The summed E-state index contributed by atoms with van der Waals surface area (Å²) < 4.78 is 26.9. The number of benzene rings is 1. The van der Waals surface area contributed by atoms with E-state index in [2.05, 4.69) is 16.5 Å². The molecular weight excluding hydrogens is 629 g/mol. The summed E-state index contributed by atoms with van der Waals surface area (Å²) in [5.74, 6) is -2.91. The molecule has 3 aliphatic carbocycles. The Balaban J connectivity index is 1.27. The van der Waals surface area contributed by atoms with Crippen molar-refractivity contribution < 1.29 is 38.1 Å². The normalized spacial score (nSPS) is 25.9. The number of aliphatic carboxylic acids is 1. The Morgan fingerprint density at radius 1 is 1.10 bits per heavy atom. The second kappa shape index (κ2) is 13.6. The van der Waals surface area contributed by atoms with E-state index in [1.54, 1.807) is 30.3 Å². The van der Waals surface area contributed by atoms with E-state index in [1.807, 2.05) is 20.8 Å². The first kappa shape index (κ1) is 34.7. The van der Waals surface area contributed by atoms with Crippen LogP contribution >= 0.6 is 0 Å². The molecule has 5 atom stereocenters. The molecule has 1 N–H and O–H groups in total. The number of hydrogen-bond acceptors (Lipinski definition) is 8. The van der Waals surface area contributed by atoms with Gasteiger partial charge in [-0.1, -0.05) is 39.0 Å². The van der Waals surface area contributed by atoms with Crippen LogP contribution in [-0.4, -0.2) is 68.4 Å². The fourth-order valence-electron chi connectivity index (χ4n) is 7.40. The molecule has 3 saturated carbocycles. The van der Waals surface area contributed by atoms with Gasteiger partial charge in [-0.2, -0.15) is 4.98 Å². The largest absolute Gasteiger partial charge is 0.481 e. The highest BCUT2D eigenvalue weighted by atomic mass is 19.1. The third-order valence-electron chi connectivity index (χ3n) is 10.7. The van der Waals surface area contributed by atoms with E-state index in [9.17, 15) is 28.7 Å². The molecule has 4 aliphatic rings. The van der Waals surface area contributed by atoms with Crippen molar-refractivity contribution in [1.29, 1.82) is 0 Å². The lowest BCUT2D eigenvalue weighted by Crippen LogP contribution is -2.48. The number of aromatic nitrogens is 2. The minimum atomic E-state index is -1.25. The molecule has 6 rings (SSSR count). The molecule has 0 radical (unpaired) electrons. The molecule has 0 unspecified atom stereocenters. The summed E-state index contributed by atoms with van der Waals surface area (Å²) in [5, 5.41) is 10.0. The van der Waals surface area contributed by atoms with Gasteiger partial charge in [0.05, 0.1) is 36.0 Å². The van der Waals surface area contributed by atoms with Crippen molar-refractivity contribution in [2.45, 2.75) is 109 Å². The number of nitrogens with zero attached hydrogens (tertiary/aromatic N) is 3. The van der Waals surface area contributed by atoms with E-state index in [-0.39, 0.29) is 61.3 Å². The molecule has 4 fully saturated rings. The molecule has 1 aromatic heterocycles. The van der Waals surface area contributed by atoms with Gasteiger partial charge in [0.15, 0.2) is 5.78 Å². The highest BCUT2D eigenvalue weighted by molar-refractivity contribution is 5.95. The first-order valence-electron chi connectivity index (χ1n) is 17.5. The van der Waals surface area contributed by atoms with Gasteiger partial charge < -0.3 is 19.5 Å². The molecule has 1 aromatic carbocycles. The zero-order chi connectivity index (χ0) is 35.1. The molecule has 10 nitrogen and oxygen atoms in total. The van der Waals surface area contributed by atoms with Crippen molar-refractivity contribution in [2.75, 3.05) is 6.54 Å². The molecule has 49 heavy (non-hydrogen) atoms. The van der Waals surface area contributed by atoms with Gasteiger partial charge in [0, 0.05) is 30.4 Å². The summed E-state index contributed by atoms with van der Waals surface area (Å²) in [6.07, 6.45) is 6.22. The van der Waals surface area contributed by atoms with Crippen LogP contribution in [0, 0.1) is 28.5 Å². The fourth-order valence-corrected chi connectivity index (χ4v) is 7.40. The van der Waals surface area contributed by atoms with Crippen LogP contribution in [0.4, 0.5) is 4.39 Å². The lowest BCUT2D eigenvalue weighted by Gasteiger charge is -2.35. The van der Waals surface area contributed by atoms with Gasteiger partial charge in [-0.05, 0) is 68.4 Å². The maximum Gasteiger partial charge on any atom is 0.310 e. The monoisotopic (exact) mass is 675 g/mol. The maximum absolute atomic E-state index is 14.8. The molecule has 0 spiro atoms. The number of carbonyl (C=O) groups is 4. The van der Waals surface area contributed by atoms with Crippen molar-refractivity contribution in [3.05, 3.63) is 54.6 Å². The summed E-state index contributed by atoms with van der Waals surface area (Å²) >= 11 is 0. The summed E-state index contributed by atoms with van der Waals surface area (Å²) in [5.41, 5.74) is -1.21. The number of hydrogen-bond donors (Lipinski definition) is 1. The van der Waals surface area contributed by atoms with Crippen molar-refractivity contribution in [2.24, 2.45) is 22.7 Å². The average molecular weight is 676 g/mol. The van der Waals surface area contributed by atoms with Gasteiger partial charge in [-0.15, -0.1) is 6.58 Å². The minimum Gasteiger partial charge on any atom is -0.481 e. The second-order valence-electron chi connectivity index (χ2n) is 15.4. The molecule has 0 bridgehead atoms. The van der Waals surface area contributed by atoms with Crippen LogP contribution in [-0.2, 0) is 23.9 Å². The maximum atomic E-state index is 14.8. The van der Waals surface area contributed by atoms with E-state index >= 15 is 0 Å². The number of carbonyl (C=O) groups excluding carboxylic acids is 3. The number of carboxylic acids is 1. The Morgan fingerprint density at radius 3 is 2.43 bits per heavy atom. The van der Waals surface area contributed by atoms with Crippen LogP contribution in [0.2, 0.25) is 0 Å². The average Bonchev–Trinajstić information content (AvgIpc) is 3.92. The van der Waals surface area contributed by atoms with Crippen LogP contribution in [0.25, 0.3) is 11.3 Å². The van der Waals surface area contributed by atoms with E-state index in [4.69, 9.17) is 9.47 Å². The number of rotatable bonds is 13. The summed E-state index contributed by atoms with van der Waals surface area (Å²) in [7, 11) is 0. The molecule has 11 heteroatoms. The molecule has 1 amide bonds. The van der Waals surface area contributed by atoms with Gasteiger partial charge in [-0.3, -0.25) is 19.2 Å². The Hall–Kier alpha value is -4.15. The summed E-state index contributed by atoms with van der Waals surface area (Å²) in [6.45, 7) is 9.40. The van der Waals surface area contributed by atoms with Gasteiger partial charge >= 0.3 is 11.9 Å². The van der Waals surface area contributed by atoms with Gasteiger partial charge in [-0.25, -0.2) is 9.37 Å². The van der Waals surface area contributed by atoms with E-state index in [0.29, 0.717) is 23.5 Å². The van der Waals surface area contributed by atoms with Crippen molar-refractivity contribution in [3.8, 4) is 17.1 Å². The summed E-state index contributed by atoms with van der Waals surface area (Å²) in [4.78, 5) is 64.6. The third-order valence-corrected chi connectivity index (χ3v) is 10.7. The van der Waals surface area contributed by atoms with Crippen LogP contribution < -0.4 is 4.74 Å². The first-order valence-corrected chi connectivity index (χ1v) is 17.5. The number of halogens is 1. The second-order valence-corrected chi connectivity index (χ2v) is 15.4. The van der Waals surface area contributed by atoms with E-state index in [0.717, 1.165) is 38.5 Å². The van der Waals surface area contributed by atoms with Gasteiger partial charge in [0.1, 0.15) is 23.8 Å². The number of esters is 1. The summed E-state index contributed by atoms with van der Waals surface area (Å²) in [6, 6.07) is 6.94. The molecule has 1 saturated heterocycles. The van der Waals surface area contributed by atoms with Crippen LogP contribution in [0.5, 0.6) is 5.88 Å². The fraction of sp³-hybridized carbons (Fsp3) is 0.579. The van der Waals surface area contributed by atoms with Crippen LogP contribution in [0.3, 0.4) is 0 Å². The van der Waals surface area contributed by atoms with Gasteiger partial charge in [0.25, 0.3) is 0 Å². The molecule has 262 valence electrons. The standard InChI is InChI=1S/C38H46FN3O7/c1-5-23-19-38(23,36(46)47)20-31(43)30-16-25(21-42(30)35(45)27(37(2,3)4)17-33(44)49-24-10-6-7-11-24)48-32-18-29(26-12-8-9-13-28(26)39)40-34(41-32)22-14-15-22/h5,8-9,12-13,18,22-25,27,30H,1,6-7,10-11,14-17,19-21H2,2-4H3,(H,46,47)/t23-,25-,27-,30+,38-/m1/s1. The number of Topliss-reactive ketones (excluding diaryl/α,β-unsaturated/α-hetero) is 1. The van der Waals surface area contributed by atoms with Crippen LogP contribution in [0.15, 0.2) is 43.0 Å². The smallest absolute Gasteiger partial charge is 0.310 e. The molecule has 1 aliphatic heterocycles. The highest BCUT2D eigenvalue weighted by Gasteiger charge is 2.61. The topological polar surface area (TPSA) is 136 Å². The van der Waals surface area contributed by atoms with Crippen molar-refractivity contribution in [3.63, 3.8) is 0 Å². The minimum absolute atomic E-state index is 0.0300. The highest BCUT2D eigenvalue weighted by Crippen LogP contribution is 2.56. The number of amides is 1. The number of likely N-dealkylation sites (tertiary alicyclic amines) is 1. The first-order chi connectivity index (χ1) is 23.3. The Morgan fingerprint density at radius 2 is 1.82 bits per heavy atom. The number of ketones is 1. The predicted molar refractivity (Wildman–Crippen MR) is 178 cm³/mol. The lowest BCUT2D eigenvalue weighted by atomic mass is 9.77. The SMILES string of the molecule is C=C[C@@H]1C[C@]1(CC(=O)[C@@H]1C[C@@H](Oc2cc(-c3ccccc3F)nc(C3CC3)n2)CN1C(=O)[C@@H](CC(=O)OC1CCCC1)C(C)(C)C)C(=O)O. The number of allylic oxidation sites excluding steroid dienone is 1. The third kappa shape index (κ3) is 7.55. The van der Waals surface area contributed by atoms with E-state index in [1.165, 1.54) is 11.0 Å². The van der Waals surface area contributed by atoms with Crippen LogP contribution in [0.1, 0.15) is 96.7 Å². The van der Waals surface area contributed by atoms with Crippen molar-refractivity contribution in [1.82, 2.24) is 14.9 Å². The zero-order valence-corrected chi connectivity index (χ0v) is 28.5. The molecular formula is C38H46FN3O7. The Kier molecular flexibility index (Phi) is 9.66. The zero-order valence-electron chi connectivity index (χ0n) is 28.5. The Labute approximate surface area is 286 Å². The van der Waals surface area contributed by atoms with Crippen molar-refractivity contribution >= 4 is 23.6 Å². The van der Waals surface area contributed by atoms with E-state index < -0.39 is 46.6 Å². The lowest BCUT2D eigenvalue weighted by molar-refractivity contribution is -0.156.